The molecule has 0 aromatic heterocycles. The van der Waals surface area contributed by atoms with E-state index in [4.69, 9.17) is 4.74 Å². The highest BCUT2D eigenvalue weighted by Crippen LogP contribution is 2.40. The molecule has 1 N–H and O–H groups in total. The molecule has 1 aromatic carbocycles. The lowest BCUT2D eigenvalue weighted by atomic mass is 9.68. The average molecular weight is 263 g/mol. The summed E-state index contributed by atoms with van der Waals surface area (Å²) in [6, 6.07) is 8.54. The Morgan fingerprint density at radius 3 is 2.84 bits per heavy atom. The minimum atomic E-state index is -1.32. The van der Waals surface area contributed by atoms with Crippen molar-refractivity contribution in [2.24, 2.45) is 5.41 Å². The smallest absolute Gasteiger partial charge is 0.126 e. The molecule has 1 heterocycles. The van der Waals surface area contributed by atoms with Crippen LogP contribution in [0.15, 0.2) is 24.3 Å². The van der Waals surface area contributed by atoms with Crippen LogP contribution >= 0.6 is 0 Å². The molecule has 2 atom stereocenters. The lowest BCUT2D eigenvalue weighted by Crippen LogP contribution is -2.51. The average Bonchev–Trinajstić information content (AvgIpc) is 2.42. The molecule has 0 radical (unpaired) electrons. The molecule has 3 nitrogen and oxygen atoms in total. The zero-order valence-electron chi connectivity index (χ0n) is 11.0. The third-order valence-corrected chi connectivity index (χ3v) is 3.98. The van der Waals surface area contributed by atoms with Crippen LogP contribution in [0.1, 0.15) is 25.3 Å². The van der Waals surface area contributed by atoms with Gasteiger partial charge in [0.1, 0.15) is 11.2 Å². The van der Waals surface area contributed by atoms with E-state index in [1.165, 1.54) is 6.07 Å². The van der Waals surface area contributed by atoms with Crippen LogP contribution < -0.4 is 0 Å². The first kappa shape index (κ1) is 14.0. The zero-order chi connectivity index (χ0) is 13.9. The van der Waals surface area contributed by atoms with Crippen molar-refractivity contribution in [2.45, 2.75) is 31.8 Å². The number of nitrogens with zero attached hydrogens (tertiary/aromatic N) is 1. The molecule has 1 aromatic rings. The number of nitriles is 1. The molecular formula is C15H18FNO2. The molecule has 0 saturated carbocycles. The van der Waals surface area contributed by atoms with E-state index >= 15 is 0 Å². The lowest BCUT2D eigenvalue weighted by molar-refractivity contribution is -0.107. The normalized spacial score (nSPS) is 26.4. The second-order valence-electron chi connectivity index (χ2n) is 5.39. The van der Waals surface area contributed by atoms with E-state index in [-0.39, 0.29) is 18.8 Å². The van der Waals surface area contributed by atoms with Crippen LogP contribution in [0.4, 0.5) is 4.39 Å². The van der Waals surface area contributed by atoms with E-state index in [1.54, 1.807) is 25.1 Å². The summed E-state index contributed by atoms with van der Waals surface area (Å²) in [6.45, 7) is 2.40. The maximum absolute atomic E-state index is 13.7. The van der Waals surface area contributed by atoms with Gasteiger partial charge in [-0.05, 0) is 31.4 Å². The molecule has 102 valence electrons. The van der Waals surface area contributed by atoms with E-state index in [0.29, 0.717) is 18.6 Å². The molecule has 2 rings (SSSR count). The van der Waals surface area contributed by atoms with E-state index in [2.05, 4.69) is 6.07 Å². The van der Waals surface area contributed by atoms with Gasteiger partial charge in [-0.1, -0.05) is 18.2 Å². The Morgan fingerprint density at radius 1 is 1.53 bits per heavy atom. The van der Waals surface area contributed by atoms with E-state index in [0.717, 1.165) is 6.42 Å². The van der Waals surface area contributed by atoms with Crippen LogP contribution in [-0.4, -0.2) is 23.9 Å². The Morgan fingerprint density at radius 2 is 2.26 bits per heavy atom. The number of aliphatic hydroxyl groups is 1. The van der Waals surface area contributed by atoms with Crippen molar-refractivity contribution < 1.29 is 14.2 Å². The molecule has 1 saturated heterocycles. The Bertz CT molecular complexity index is 487. The number of halogens is 1. The number of benzene rings is 1. The summed E-state index contributed by atoms with van der Waals surface area (Å²) in [5.41, 5.74) is -1.86. The first-order valence-electron chi connectivity index (χ1n) is 6.46. The summed E-state index contributed by atoms with van der Waals surface area (Å²) in [5, 5.41) is 20.1. The van der Waals surface area contributed by atoms with Gasteiger partial charge >= 0.3 is 0 Å². The maximum atomic E-state index is 13.7. The van der Waals surface area contributed by atoms with Gasteiger partial charge in [0, 0.05) is 13.0 Å². The SMILES string of the molecule is CC(O)(Cc1ccccc1F)C1(C#N)CCCOC1. The minimum absolute atomic E-state index is 0.108. The van der Waals surface area contributed by atoms with Gasteiger partial charge in [0.05, 0.1) is 18.3 Å². The molecule has 0 bridgehead atoms. The number of hydrogen-bond donors (Lipinski definition) is 1. The first-order chi connectivity index (χ1) is 9.01. The van der Waals surface area contributed by atoms with Crippen molar-refractivity contribution in [2.75, 3.05) is 13.2 Å². The van der Waals surface area contributed by atoms with Gasteiger partial charge in [0.25, 0.3) is 0 Å². The summed E-state index contributed by atoms with van der Waals surface area (Å²) < 4.78 is 19.0. The van der Waals surface area contributed by atoms with Crippen molar-refractivity contribution in [1.82, 2.24) is 0 Å². The van der Waals surface area contributed by atoms with Gasteiger partial charge in [-0.3, -0.25) is 0 Å². The van der Waals surface area contributed by atoms with E-state index in [9.17, 15) is 14.8 Å². The highest BCUT2D eigenvalue weighted by atomic mass is 19.1. The largest absolute Gasteiger partial charge is 0.388 e. The summed E-state index contributed by atoms with van der Waals surface area (Å²) in [7, 11) is 0. The molecule has 2 unspecified atom stereocenters. The van der Waals surface area contributed by atoms with Crippen LogP contribution in [0.2, 0.25) is 0 Å². The summed E-state index contributed by atoms with van der Waals surface area (Å²) in [5.74, 6) is -0.354. The summed E-state index contributed by atoms with van der Waals surface area (Å²) >= 11 is 0. The highest BCUT2D eigenvalue weighted by Gasteiger charge is 2.49. The summed E-state index contributed by atoms with van der Waals surface area (Å²) in [6.07, 6.45) is 1.42. The molecule has 0 amide bonds. The third-order valence-electron chi connectivity index (χ3n) is 3.98. The van der Waals surface area contributed by atoms with Crippen LogP contribution in [-0.2, 0) is 11.2 Å². The predicted octanol–water partition coefficient (Wildman–Crippen LogP) is 2.44. The second-order valence-corrected chi connectivity index (χ2v) is 5.39. The van der Waals surface area contributed by atoms with Gasteiger partial charge in [0.15, 0.2) is 0 Å². The quantitative estimate of drug-likeness (QED) is 0.911. The molecule has 1 aliphatic rings. The van der Waals surface area contributed by atoms with Gasteiger partial charge in [-0.15, -0.1) is 0 Å². The molecular weight excluding hydrogens is 245 g/mol. The van der Waals surface area contributed by atoms with Crippen molar-refractivity contribution in [1.29, 1.82) is 5.26 Å². The van der Waals surface area contributed by atoms with Crippen molar-refractivity contribution in [3.63, 3.8) is 0 Å². The van der Waals surface area contributed by atoms with Crippen LogP contribution in [0.5, 0.6) is 0 Å². The van der Waals surface area contributed by atoms with Crippen LogP contribution in [0.3, 0.4) is 0 Å². The fourth-order valence-corrected chi connectivity index (χ4v) is 2.61. The molecule has 4 heteroatoms. The number of ether oxygens (including phenoxy) is 1. The number of hydrogen-bond acceptors (Lipinski definition) is 3. The lowest BCUT2D eigenvalue weighted by Gasteiger charge is -2.42. The predicted molar refractivity (Wildman–Crippen MR) is 68.8 cm³/mol. The van der Waals surface area contributed by atoms with Gasteiger partial charge in [-0.25, -0.2) is 4.39 Å². The fraction of sp³-hybridized carbons (Fsp3) is 0.533. The first-order valence-corrected chi connectivity index (χ1v) is 6.46. The number of rotatable bonds is 3. The molecule has 0 aliphatic carbocycles. The molecule has 1 fully saturated rings. The maximum Gasteiger partial charge on any atom is 0.126 e. The van der Waals surface area contributed by atoms with Gasteiger partial charge in [-0.2, -0.15) is 5.26 Å². The van der Waals surface area contributed by atoms with Gasteiger partial charge < -0.3 is 9.84 Å². The van der Waals surface area contributed by atoms with E-state index < -0.39 is 11.0 Å². The zero-order valence-corrected chi connectivity index (χ0v) is 11.0. The van der Waals surface area contributed by atoms with Crippen LogP contribution in [0.25, 0.3) is 0 Å². The van der Waals surface area contributed by atoms with Crippen molar-refractivity contribution >= 4 is 0 Å². The third kappa shape index (κ3) is 2.63. The highest BCUT2D eigenvalue weighted by molar-refractivity contribution is 5.23. The molecule has 19 heavy (non-hydrogen) atoms. The van der Waals surface area contributed by atoms with Gasteiger partial charge in [0.2, 0.25) is 0 Å². The van der Waals surface area contributed by atoms with E-state index in [1.807, 2.05) is 0 Å². The standard InChI is InChI=1S/C15H18FNO2/c1-14(18,9-12-5-2-3-6-13(12)16)15(10-17)7-4-8-19-11-15/h2-3,5-6,18H,4,7-9,11H2,1H3. The monoisotopic (exact) mass is 263 g/mol. The minimum Gasteiger partial charge on any atom is -0.388 e. The Balaban J connectivity index is 2.26. The Labute approximate surface area is 112 Å². The van der Waals surface area contributed by atoms with Crippen molar-refractivity contribution in [3.8, 4) is 6.07 Å². The topological polar surface area (TPSA) is 53.2 Å². The second kappa shape index (κ2) is 5.28. The fourth-order valence-electron chi connectivity index (χ4n) is 2.61. The molecule has 1 aliphatic heterocycles. The van der Waals surface area contributed by atoms with Crippen molar-refractivity contribution in [3.05, 3.63) is 35.6 Å². The molecule has 0 spiro atoms. The summed E-state index contributed by atoms with van der Waals surface area (Å²) in [4.78, 5) is 0. The van der Waals surface area contributed by atoms with Crippen LogP contribution in [0, 0.1) is 22.6 Å². The Hall–Kier alpha value is -1.44. The Kier molecular flexibility index (Phi) is 3.88.